The Hall–Kier alpha value is -2.41. The third kappa shape index (κ3) is 4.07. The van der Waals surface area contributed by atoms with Crippen LogP contribution in [0.2, 0.25) is 0 Å². The molecule has 118 valence electrons. The van der Waals surface area contributed by atoms with Gasteiger partial charge < -0.3 is 5.32 Å². The molecule has 3 heterocycles. The van der Waals surface area contributed by atoms with Gasteiger partial charge in [0.25, 0.3) is 0 Å². The Morgan fingerprint density at radius 3 is 2.74 bits per heavy atom. The van der Waals surface area contributed by atoms with Crippen LogP contribution in [-0.2, 0) is 6.42 Å². The van der Waals surface area contributed by atoms with Crippen LogP contribution >= 0.6 is 11.3 Å². The van der Waals surface area contributed by atoms with Gasteiger partial charge in [0, 0.05) is 24.5 Å². The normalized spacial score (nSPS) is 10.7. The maximum absolute atomic E-state index is 4.64. The zero-order valence-corrected chi connectivity index (χ0v) is 14.0. The molecule has 0 unspecified atom stereocenters. The fourth-order valence-corrected chi connectivity index (χ4v) is 2.86. The fourth-order valence-electron chi connectivity index (χ4n) is 2.03. The van der Waals surface area contributed by atoms with E-state index in [2.05, 4.69) is 35.8 Å². The molecule has 0 radical (unpaired) electrons. The average Bonchev–Trinajstić information content (AvgIpc) is 3.05. The molecule has 6 nitrogen and oxygen atoms in total. The Morgan fingerprint density at radius 2 is 1.96 bits per heavy atom. The first-order chi connectivity index (χ1) is 11.2. The molecule has 0 aromatic carbocycles. The number of nitrogens with zero attached hydrogens (tertiary/aromatic N) is 5. The summed E-state index contributed by atoms with van der Waals surface area (Å²) < 4.78 is 0. The van der Waals surface area contributed by atoms with E-state index in [0.717, 1.165) is 47.2 Å². The molecule has 3 aromatic heterocycles. The van der Waals surface area contributed by atoms with E-state index in [1.165, 1.54) is 0 Å². The Labute approximate surface area is 139 Å². The molecule has 0 atom stereocenters. The van der Waals surface area contributed by atoms with Crippen LogP contribution in [0.4, 0.5) is 5.95 Å². The van der Waals surface area contributed by atoms with Gasteiger partial charge in [0.05, 0.1) is 27.8 Å². The van der Waals surface area contributed by atoms with E-state index in [1.54, 1.807) is 17.5 Å². The van der Waals surface area contributed by atoms with E-state index in [0.29, 0.717) is 5.95 Å². The lowest BCUT2D eigenvalue weighted by atomic mass is 10.3. The highest BCUT2D eigenvalue weighted by Crippen LogP contribution is 2.20. The summed E-state index contributed by atoms with van der Waals surface area (Å²) in [5.41, 5.74) is 3.63. The maximum Gasteiger partial charge on any atom is 0.242 e. The van der Waals surface area contributed by atoms with Gasteiger partial charge in [-0.3, -0.25) is 4.98 Å². The molecule has 0 saturated heterocycles. The smallest absolute Gasteiger partial charge is 0.242 e. The largest absolute Gasteiger partial charge is 0.353 e. The minimum Gasteiger partial charge on any atom is -0.353 e. The van der Waals surface area contributed by atoms with Gasteiger partial charge in [0.1, 0.15) is 0 Å². The lowest BCUT2D eigenvalue weighted by Crippen LogP contribution is -2.09. The van der Waals surface area contributed by atoms with Crippen LogP contribution in [0, 0.1) is 13.8 Å². The lowest BCUT2D eigenvalue weighted by Gasteiger charge is -2.04. The predicted molar refractivity (Wildman–Crippen MR) is 91.5 cm³/mol. The molecule has 7 heteroatoms. The molecule has 0 spiro atoms. The highest BCUT2D eigenvalue weighted by Gasteiger charge is 2.05. The van der Waals surface area contributed by atoms with Gasteiger partial charge in [0.2, 0.25) is 5.95 Å². The number of pyridine rings is 1. The molecule has 0 bridgehead atoms. The average molecular weight is 326 g/mol. The van der Waals surface area contributed by atoms with E-state index in [9.17, 15) is 0 Å². The number of aryl methyl sites for hydroxylation is 3. The van der Waals surface area contributed by atoms with E-state index in [-0.39, 0.29) is 0 Å². The summed E-state index contributed by atoms with van der Waals surface area (Å²) in [6.07, 6.45) is 3.67. The molecule has 0 aliphatic rings. The van der Waals surface area contributed by atoms with E-state index < -0.39 is 0 Å². The number of aromatic nitrogens is 5. The Bertz CT molecular complexity index is 771. The van der Waals surface area contributed by atoms with Gasteiger partial charge in [-0.25, -0.2) is 9.97 Å². The maximum atomic E-state index is 4.64. The van der Waals surface area contributed by atoms with Gasteiger partial charge >= 0.3 is 0 Å². The van der Waals surface area contributed by atoms with Crippen molar-refractivity contribution in [2.75, 3.05) is 11.9 Å². The number of hydrogen-bond acceptors (Lipinski definition) is 7. The standard InChI is InChI=1S/C16H18N6S/c1-11-12(2)21-22-16(19-11)18-9-5-7-15-20-14(10-23-15)13-6-3-4-8-17-13/h3-4,6,8,10H,5,7,9H2,1-2H3,(H,18,19,22). The third-order valence-electron chi connectivity index (χ3n) is 3.42. The van der Waals surface area contributed by atoms with Gasteiger partial charge in [-0.2, -0.15) is 5.10 Å². The van der Waals surface area contributed by atoms with Gasteiger partial charge in [-0.05, 0) is 32.4 Å². The molecular formula is C16H18N6S. The SMILES string of the molecule is Cc1nnc(NCCCc2nc(-c3ccccn3)cs2)nc1C. The first kappa shape index (κ1) is 15.5. The van der Waals surface area contributed by atoms with E-state index >= 15 is 0 Å². The van der Waals surface area contributed by atoms with Crippen LogP contribution in [0.25, 0.3) is 11.4 Å². The summed E-state index contributed by atoms with van der Waals surface area (Å²) in [7, 11) is 0. The van der Waals surface area contributed by atoms with Crippen LogP contribution in [-0.4, -0.2) is 31.7 Å². The van der Waals surface area contributed by atoms with Crippen LogP contribution in [0.15, 0.2) is 29.8 Å². The minimum absolute atomic E-state index is 0.585. The Balaban J connectivity index is 1.49. The summed E-state index contributed by atoms with van der Waals surface area (Å²) in [5, 5.41) is 14.5. The van der Waals surface area contributed by atoms with Crippen LogP contribution < -0.4 is 5.32 Å². The van der Waals surface area contributed by atoms with Crippen molar-refractivity contribution < 1.29 is 0 Å². The molecule has 0 aliphatic carbocycles. The van der Waals surface area contributed by atoms with Crippen molar-refractivity contribution in [3.8, 4) is 11.4 Å². The topological polar surface area (TPSA) is 76.5 Å². The van der Waals surface area contributed by atoms with Gasteiger partial charge in [0.15, 0.2) is 0 Å². The number of rotatable bonds is 6. The number of hydrogen-bond donors (Lipinski definition) is 1. The summed E-state index contributed by atoms with van der Waals surface area (Å²) in [5.74, 6) is 0.585. The first-order valence-electron chi connectivity index (χ1n) is 7.50. The Morgan fingerprint density at radius 1 is 1.04 bits per heavy atom. The zero-order valence-electron chi connectivity index (χ0n) is 13.2. The molecule has 3 aromatic rings. The second-order valence-electron chi connectivity index (χ2n) is 5.18. The quantitative estimate of drug-likeness (QED) is 0.702. The highest BCUT2D eigenvalue weighted by molar-refractivity contribution is 7.09. The number of anilines is 1. The number of thiazole rings is 1. The van der Waals surface area contributed by atoms with Crippen molar-refractivity contribution in [1.29, 1.82) is 0 Å². The molecule has 23 heavy (non-hydrogen) atoms. The molecule has 0 saturated carbocycles. The van der Waals surface area contributed by atoms with E-state index in [1.807, 2.05) is 32.0 Å². The summed E-state index contributed by atoms with van der Waals surface area (Å²) in [6, 6.07) is 5.86. The Kier molecular flexibility index (Phi) is 4.87. The molecule has 0 fully saturated rings. The minimum atomic E-state index is 0.585. The second-order valence-corrected chi connectivity index (χ2v) is 6.12. The molecular weight excluding hydrogens is 308 g/mol. The van der Waals surface area contributed by atoms with Gasteiger partial charge in [-0.15, -0.1) is 16.4 Å². The monoisotopic (exact) mass is 326 g/mol. The van der Waals surface area contributed by atoms with Gasteiger partial charge in [-0.1, -0.05) is 6.07 Å². The molecule has 0 aliphatic heterocycles. The summed E-state index contributed by atoms with van der Waals surface area (Å²) >= 11 is 1.67. The third-order valence-corrected chi connectivity index (χ3v) is 4.33. The van der Waals surface area contributed by atoms with Crippen molar-refractivity contribution in [2.45, 2.75) is 26.7 Å². The van der Waals surface area contributed by atoms with Crippen LogP contribution in [0.5, 0.6) is 0 Å². The van der Waals surface area contributed by atoms with Crippen molar-refractivity contribution in [3.05, 3.63) is 46.2 Å². The lowest BCUT2D eigenvalue weighted by molar-refractivity contribution is 0.826. The molecule has 3 rings (SSSR count). The predicted octanol–water partition coefficient (Wildman–Crippen LogP) is 3.05. The zero-order chi connectivity index (χ0) is 16.1. The highest BCUT2D eigenvalue weighted by atomic mass is 32.1. The fraction of sp³-hybridized carbons (Fsp3) is 0.312. The van der Waals surface area contributed by atoms with Crippen molar-refractivity contribution in [1.82, 2.24) is 25.1 Å². The molecule has 0 amide bonds. The summed E-state index contributed by atoms with van der Waals surface area (Å²) in [4.78, 5) is 13.3. The van der Waals surface area contributed by atoms with Crippen LogP contribution in [0.1, 0.15) is 22.8 Å². The van der Waals surface area contributed by atoms with Crippen molar-refractivity contribution >= 4 is 17.3 Å². The molecule has 1 N–H and O–H groups in total. The summed E-state index contributed by atoms with van der Waals surface area (Å²) in [6.45, 7) is 4.63. The number of nitrogens with one attached hydrogen (secondary N) is 1. The van der Waals surface area contributed by atoms with Crippen molar-refractivity contribution in [3.63, 3.8) is 0 Å². The van der Waals surface area contributed by atoms with E-state index in [4.69, 9.17) is 0 Å². The first-order valence-corrected chi connectivity index (χ1v) is 8.38. The van der Waals surface area contributed by atoms with Crippen LogP contribution in [0.3, 0.4) is 0 Å². The second kappa shape index (κ2) is 7.23. The van der Waals surface area contributed by atoms with Crippen molar-refractivity contribution in [2.24, 2.45) is 0 Å².